The van der Waals surface area contributed by atoms with Crippen molar-refractivity contribution in [3.8, 4) is 0 Å². The van der Waals surface area contributed by atoms with Gasteiger partial charge in [0.15, 0.2) is 5.82 Å². The summed E-state index contributed by atoms with van der Waals surface area (Å²) >= 11 is 0. The van der Waals surface area contributed by atoms with Gasteiger partial charge in [0.2, 0.25) is 0 Å². The molecule has 1 aromatic carbocycles. The van der Waals surface area contributed by atoms with Crippen molar-refractivity contribution in [1.82, 2.24) is 20.3 Å². The van der Waals surface area contributed by atoms with Crippen molar-refractivity contribution in [2.45, 2.75) is 44.6 Å². The monoisotopic (exact) mass is 312 g/mol. The van der Waals surface area contributed by atoms with Crippen LogP contribution in [0.25, 0.3) is 10.9 Å². The van der Waals surface area contributed by atoms with E-state index in [1.54, 1.807) is 0 Å². The number of rotatable bonds is 5. The Labute approximate surface area is 134 Å². The van der Waals surface area contributed by atoms with Crippen molar-refractivity contribution in [3.63, 3.8) is 0 Å². The van der Waals surface area contributed by atoms with Crippen molar-refractivity contribution in [3.05, 3.63) is 41.7 Å². The van der Waals surface area contributed by atoms with Crippen LogP contribution in [0.1, 0.15) is 49.9 Å². The van der Waals surface area contributed by atoms with Crippen LogP contribution in [0.4, 0.5) is 0 Å². The van der Waals surface area contributed by atoms with Crippen LogP contribution in [0.5, 0.6) is 0 Å². The highest BCUT2D eigenvalue weighted by Gasteiger charge is 2.41. The third-order valence-corrected chi connectivity index (χ3v) is 4.56. The van der Waals surface area contributed by atoms with Crippen LogP contribution in [0.3, 0.4) is 0 Å². The molecular weight excluding hydrogens is 292 g/mol. The topological polar surface area (TPSA) is 76.8 Å². The Morgan fingerprint density at radius 3 is 3.00 bits per heavy atom. The van der Waals surface area contributed by atoms with Crippen LogP contribution in [-0.2, 0) is 16.8 Å². The van der Waals surface area contributed by atoms with Crippen LogP contribution >= 0.6 is 0 Å². The van der Waals surface area contributed by atoms with Gasteiger partial charge in [-0.1, -0.05) is 17.3 Å². The van der Waals surface area contributed by atoms with Gasteiger partial charge in [0.1, 0.15) is 5.60 Å². The first-order valence-electron chi connectivity index (χ1n) is 8.18. The molecule has 6 heteroatoms. The Hall–Kier alpha value is -2.21. The maximum atomic E-state index is 5.98. The molecule has 2 aromatic heterocycles. The van der Waals surface area contributed by atoms with Gasteiger partial charge in [-0.05, 0) is 44.2 Å². The van der Waals surface area contributed by atoms with Gasteiger partial charge in [0.25, 0.3) is 5.89 Å². The van der Waals surface area contributed by atoms with E-state index in [1.165, 1.54) is 0 Å². The van der Waals surface area contributed by atoms with E-state index in [4.69, 9.17) is 9.26 Å². The van der Waals surface area contributed by atoms with Crippen LogP contribution < -0.4 is 0 Å². The minimum absolute atomic E-state index is 0.368. The van der Waals surface area contributed by atoms with E-state index < -0.39 is 0 Å². The lowest BCUT2D eigenvalue weighted by Gasteiger charge is -2.24. The summed E-state index contributed by atoms with van der Waals surface area (Å²) in [5.74, 6) is 1.33. The number of hydrogen-bond donors (Lipinski definition) is 1. The highest BCUT2D eigenvalue weighted by Crippen LogP contribution is 2.41. The zero-order valence-corrected chi connectivity index (χ0v) is 13.2. The molecule has 0 radical (unpaired) electrons. The molecule has 0 atom stereocenters. The SMILES string of the molecule is CCOC1(c2nc(Cc3ccc4cn[nH]c4c3)no2)CCCC1. The highest BCUT2D eigenvalue weighted by atomic mass is 16.5. The summed E-state index contributed by atoms with van der Waals surface area (Å²) in [4.78, 5) is 4.62. The molecule has 1 aliphatic rings. The summed E-state index contributed by atoms with van der Waals surface area (Å²) in [5, 5.41) is 12.3. The third kappa shape index (κ3) is 2.63. The summed E-state index contributed by atoms with van der Waals surface area (Å²) in [5.41, 5.74) is 1.78. The minimum atomic E-state index is -0.368. The smallest absolute Gasteiger partial charge is 0.258 e. The summed E-state index contributed by atoms with van der Waals surface area (Å²) in [7, 11) is 0. The fraction of sp³-hybridized carbons (Fsp3) is 0.471. The Bertz CT molecular complexity index is 802. The fourth-order valence-corrected chi connectivity index (χ4v) is 3.43. The molecule has 1 fully saturated rings. The average Bonchev–Trinajstić information content (AvgIpc) is 3.27. The Morgan fingerprint density at radius 2 is 2.17 bits per heavy atom. The fourth-order valence-electron chi connectivity index (χ4n) is 3.43. The number of hydrogen-bond acceptors (Lipinski definition) is 5. The number of H-pyrrole nitrogens is 1. The number of aromatic nitrogens is 4. The largest absolute Gasteiger partial charge is 0.365 e. The predicted molar refractivity (Wildman–Crippen MR) is 85.0 cm³/mol. The van der Waals surface area contributed by atoms with E-state index >= 15 is 0 Å². The molecule has 3 aromatic rings. The summed E-state index contributed by atoms with van der Waals surface area (Å²) in [6.45, 7) is 2.67. The number of nitrogens with one attached hydrogen (secondary N) is 1. The van der Waals surface area contributed by atoms with Crippen molar-refractivity contribution in [2.75, 3.05) is 6.61 Å². The van der Waals surface area contributed by atoms with Gasteiger partial charge in [-0.2, -0.15) is 10.1 Å². The second kappa shape index (κ2) is 5.77. The molecule has 0 saturated heterocycles. The lowest BCUT2D eigenvalue weighted by atomic mass is 10.0. The third-order valence-electron chi connectivity index (χ3n) is 4.56. The number of nitrogens with zero attached hydrogens (tertiary/aromatic N) is 3. The first-order chi connectivity index (χ1) is 11.3. The standard InChI is InChI=1S/C17H20N4O2/c1-2-22-17(7-3-4-8-17)16-19-15(21-23-16)10-12-5-6-13-11-18-20-14(13)9-12/h5-6,9,11H,2-4,7-8,10H2,1H3,(H,18,20). The first-order valence-corrected chi connectivity index (χ1v) is 8.18. The first kappa shape index (κ1) is 14.4. The second-order valence-corrected chi connectivity index (χ2v) is 6.12. The zero-order valence-electron chi connectivity index (χ0n) is 13.2. The summed E-state index contributed by atoms with van der Waals surface area (Å²) in [6, 6.07) is 6.20. The molecule has 120 valence electrons. The number of benzene rings is 1. The maximum Gasteiger partial charge on any atom is 0.258 e. The molecule has 0 amide bonds. The molecule has 6 nitrogen and oxygen atoms in total. The molecule has 23 heavy (non-hydrogen) atoms. The molecule has 1 aliphatic carbocycles. The number of ether oxygens (including phenoxy) is 1. The second-order valence-electron chi connectivity index (χ2n) is 6.12. The molecule has 0 bridgehead atoms. The van der Waals surface area contributed by atoms with Crippen LogP contribution in [0.15, 0.2) is 28.9 Å². The summed E-state index contributed by atoms with van der Waals surface area (Å²) in [6.07, 6.45) is 6.67. The van der Waals surface area contributed by atoms with E-state index in [0.717, 1.165) is 42.1 Å². The van der Waals surface area contributed by atoms with E-state index in [9.17, 15) is 0 Å². The van der Waals surface area contributed by atoms with Gasteiger partial charge in [0, 0.05) is 18.4 Å². The van der Waals surface area contributed by atoms with Crippen molar-refractivity contribution < 1.29 is 9.26 Å². The molecule has 1 saturated carbocycles. The van der Waals surface area contributed by atoms with Gasteiger partial charge >= 0.3 is 0 Å². The molecule has 4 rings (SSSR count). The molecule has 1 N–H and O–H groups in total. The predicted octanol–water partition coefficient (Wildman–Crippen LogP) is 3.34. The van der Waals surface area contributed by atoms with Crippen molar-refractivity contribution in [2.24, 2.45) is 0 Å². The molecule has 0 unspecified atom stereocenters. The Balaban J connectivity index is 1.57. The molecule has 0 aliphatic heterocycles. The van der Waals surface area contributed by atoms with E-state index in [-0.39, 0.29) is 5.60 Å². The van der Waals surface area contributed by atoms with E-state index in [1.807, 2.05) is 19.2 Å². The lowest BCUT2D eigenvalue weighted by molar-refractivity contribution is -0.0610. The van der Waals surface area contributed by atoms with Crippen LogP contribution in [0, 0.1) is 0 Å². The maximum absolute atomic E-state index is 5.98. The van der Waals surface area contributed by atoms with Gasteiger partial charge in [0.05, 0.1) is 11.7 Å². The minimum Gasteiger partial charge on any atom is -0.365 e. The van der Waals surface area contributed by atoms with Crippen molar-refractivity contribution in [1.29, 1.82) is 0 Å². The number of fused-ring (bicyclic) bond motifs is 1. The quantitative estimate of drug-likeness (QED) is 0.782. The van der Waals surface area contributed by atoms with Crippen LogP contribution in [0.2, 0.25) is 0 Å². The normalized spacial score (nSPS) is 17.1. The highest BCUT2D eigenvalue weighted by molar-refractivity contribution is 5.78. The van der Waals surface area contributed by atoms with Gasteiger partial charge in [-0.25, -0.2) is 0 Å². The zero-order chi connectivity index (χ0) is 15.7. The molecule has 2 heterocycles. The van der Waals surface area contributed by atoms with Gasteiger partial charge in [-0.15, -0.1) is 0 Å². The molecular formula is C17H20N4O2. The summed E-state index contributed by atoms with van der Waals surface area (Å²) < 4.78 is 11.5. The number of aromatic amines is 1. The van der Waals surface area contributed by atoms with E-state index in [2.05, 4.69) is 32.5 Å². The van der Waals surface area contributed by atoms with Crippen molar-refractivity contribution >= 4 is 10.9 Å². The molecule has 0 spiro atoms. The Morgan fingerprint density at radius 1 is 1.30 bits per heavy atom. The van der Waals surface area contributed by atoms with Gasteiger partial charge < -0.3 is 9.26 Å². The van der Waals surface area contributed by atoms with Gasteiger partial charge in [-0.3, -0.25) is 5.10 Å². The average molecular weight is 312 g/mol. The Kier molecular flexibility index (Phi) is 3.61. The van der Waals surface area contributed by atoms with E-state index in [0.29, 0.717) is 24.7 Å². The lowest BCUT2D eigenvalue weighted by Crippen LogP contribution is -2.26. The van der Waals surface area contributed by atoms with Crippen LogP contribution in [-0.4, -0.2) is 26.9 Å².